The Balaban J connectivity index is 1.53. The molecule has 6 aromatic rings. The van der Waals surface area contributed by atoms with E-state index in [0.29, 0.717) is 56.4 Å². The lowest BCUT2D eigenvalue weighted by Gasteiger charge is -2.24. The van der Waals surface area contributed by atoms with Gasteiger partial charge in [-0.25, -0.2) is 37.5 Å². The molecule has 0 unspecified atom stereocenters. The summed E-state index contributed by atoms with van der Waals surface area (Å²) < 4.78 is 55.7. The van der Waals surface area contributed by atoms with Gasteiger partial charge in [0.15, 0.2) is 0 Å². The number of hydrogen-bond donors (Lipinski definition) is 0. The van der Waals surface area contributed by atoms with E-state index in [4.69, 9.17) is 19.9 Å². The highest BCUT2D eigenvalue weighted by Crippen LogP contribution is 2.41. The number of benzene rings is 4. The maximum absolute atomic E-state index is 13.9. The average molecular weight is 623 g/mol. The third-order valence-corrected chi connectivity index (χ3v) is 7.69. The minimum absolute atomic E-state index is 0.0775. The fourth-order valence-corrected chi connectivity index (χ4v) is 5.47. The normalized spacial score (nSPS) is 11.7. The lowest BCUT2D eigenvalue weighted by Crippen LogP contribution is -2.18. The van der Waals surface area contributed by atoms with Gasteiger partial charge in [0.1, 0.15) is 41.0 Å². The highest BCUT2D eigenvalue weighted by atomic mass is 19.1. The Morgan fingerprint density at radius 2 is 0.702 bits per heavy atom. The molecule has 0 saturated carbocycles. The van der Waals surface area contributed by atoms with Crippen LogP contribution in [0.5, 0.6) is 0 Å². The quantitative estimate of drug-likeness (QED) is 0.145. The Morgan fingerprint density at radius 1 is 0.426 bits per heavy atom. The molecule has 0 atom stereocenters. The molecule has 6 nitrogen and oxygen atoms in total. The molecule has 0 bridgehead atoms. The van der Waals surface area contributed by atoms with E-state index in [1.807, 2.05) is 12.1 Å². The standard InChI is InChI=1S/C37H18F4N6/c38-25-9-1-20(2-10-25)32-34(22-5-13-27(40)14-6-22)46-36-29(44-32)17-30-37(31(36)24(18-42)19-43)47-35(23-7-15-28(41)16-8-23)33(45-30)21-3-11-26(39)12-4-21/h1-16H,17H2. The molecule has 224 valence electrons. The van der Waals surface area contributed by atoms with Gasteiger partial charge in [-0.05, 0) is 97.1 Å². The first-order chi connectivity index (χ1) is 22.8. The van der Waals surface area contributed by atoms with Crippen LogP contribution in [-0.2, 0) is 6.42 Å². The van der Waals surface area contributed by atoms with Gasteiger partial charge in [0.25, 0.3) is 0 Å². The molecule has 0 saturated heterocycles. The molecule has 0 N–H and O–H groups in total. The van der Waals surface area contributed by atoms with Gasteiger partial charge in [-0.15, -0.1) is 0 Å². The lowest BCUT2D eigenvalue weighted by molar-refractivity contribution is 0.627. The number of rotatable bonds is 4. The number of hydrogen-bond acceptors (Lipinski definition) is 6. The van der Waals surface area contributed by atoms with Crippen molar-refractivity contribution in [3.63, 3.8) is 0 Å². The molecule has 1 aliphatic carbocycles. The Hall–Kier alpha value is -6.52. The first-order valence-corrected chi connectivity index (χ1v) is 14.2. The molecule has 0 aliphatic heterocycles. The first kappa shape index (κ1) is 29.2. The van der Waals surface area contributed by atoms with Crippen molar-refractivity contribution in [2.24, 2.45) is 0 Å². The lowest BCUT2D eigenvalue weighted by atomic mass is 9.89. The van der Waals surface area contributed by atoms with Crippen molar-refractivity contribution in [2.75, 3.05) is 0 Å². The summed E-state index contributed by atoms with van der Waals surface area (Å²) in [4.78, 5) is 19.7. The molecule has 10 heteroatoms. The number of halogens is 4. The van der Waals surface area contributed by atoms with Gasteiger partial charge >= 0.3 is 0 Å². The number of allylic oxidation sites excluding steroid dienone is 1. The summed E-state index contributed by atoms with van der Waals surface area (Å²) in [6.45, 7) is 0. The zero-order chi connectivity index (χ0) is 32.7. The van der Waals surface area contributed by atoms with Crippen molar-refractivity contribution in [2.45, 2.75) is 6.42 Å². The van der Waals surface area contributed by atoms with Crippen LogP contribution in [0.3, 0.4) is 0 Å². The van der Waals surface area contributed by atoms with E-state index in [1.54, 1.807) is 24.3 Å². The van der Waals surface area contributed by atoms with Crippen molar-refractivity contribution >= 4 is 5.57 Å². The van der Waals surface area contributed by atoms with Gasteiger partial charge in [-0.3, -0.25) is 0 Å². The molecule has 47 heavy (non-hydrogen) atoms. The van der Waals surface area contributed by atoms with Crippen molar-refractivity contribution in [3.8, 4) is 57.2 Å². The van der Waals surface area contributed by atoms with E-state index in [0.717, 1.165) is 0 Å². The average Bonchev–Trinajstić information content (AvgIpc) is 3.09. The molecular weight excluding hydrogens is 604 g/mol. The summed E-state index contributed by atoms with van der Waals surface area (Å²) in [6.07, 6.45) is 0.0775. The van der Waals surface area contributed by atoms with Gasteiger partial charge in [0.2, 0.25) is 0 Å². The van der Waals surface area contributed by atoms with Crippen LogP contribution in [0.1, 0.15) is 22.8 Å². The summed E-state index contributed by atoms with van der Waals surface area (Å²) >= 11 is 0. The van der Waals surface area contributed by atoms with Crippen molar-refractivity contribution in [1.29, 1.82) is 10.5 Å². The number of nitrogens with zero attached hydrogens (tertiary/aromatic N) is 6. The molecule has 1 aliphatic rings. The van der Waals surface area contributed by atoms with Crippen LogP contribution < -0.4 is 0 Å². The summed E-state index contributed by atoms with van der Waals surface area (Å²) in [5.41, 5.74) is 4.33. The minimum atomic E-state index is -0.464. The van der Waals surface area contributed by atoms with E-state index in [1.165, 1.54) is 72.8 Å². The van der Waals surface area contributed by atoms with E-state index in [-0.39, 0.29) is 29.0 Å². The third-order valence-electron chi connectivity index (χ3n) is 7.69. The molecule has 7 rings (SSSR count). The molecule has 2 heterocycles. The number of aromatic nitrogens is 4. The van der Waals surface area contributed by atoms with Gasteiger partial charge in [0, 0.05) is 28.7 Å². The smallest absolute Gasteiger partial charge is 0.141 e. The van der Waals surface area contributed by atoms with Crippen LogP contribution in [0, 0.1) is 45.9 Å². The maximum Gasteiger partial charge on any atom is 0.141 e. The highest BCUT2D eigenvalue weighted by molar-refractivity contribution is 5.91. The van der Waals surface area contributed by atoms with Crippen LogP contribution in [0.4, 0.5) is 17.6 Å². The SMILES string of the molecule is N#CC(C#N)=C1c2nc(-c3ccc(F)cc3)c(-c3ccc(F)cc3)nc2Cc2nc(-c3ccc(F)cc3)c(-c3ccc(F)cc3)nc21. The van der Waals surface area contributed by atoms with E-state index < -0.39 is 23.3 Å². The molecule has 2 aromatic heterocycles. The molecule has 0 spiro atoms. The third kappa shape index (κ3) is 5.39. The van der Waals surface area contributed by atoms with Gasteiger partial charge < -0.3 is 0 Å². The highest BCUT2D eigenvalue weighted by Gasteiger charge is 2.32. The van der Waals surface area contributed by atoms with E-state index in [2.05, 4.69) is 0 Å². The predicted octanol–water partition coefficient (Wildman–Crippen LogP) is 8.24. The predicted molar refractivity (Wildman–Crippen MR) is 166 cm³/mol. The monoisotopic (exact) mass is 622 g/mol. The van der Waals surface area contributed by atoms with E-state index in [9.17, 15) is 28.1 Å². The Bertz CT molecular complexity index is 2140. The summed E-state index contributed by atoms with van der Waals surface area (Å²) in [6, 6.07) is 26.4. The maximum atomic E-state index is 13.9. The van der Waals surface area contributed by atoms with E-state index >= 15 is 0 Å². The van der Waals surface area contributed by atoms with Crippen molar-refractivity contribution in [1.82, 2.24) is 19.9 Å². The second-order valence-electron chi connectivity index (χ2n) is 10.6. The Morgan fingerprint density at radius 3 is 0.979 bits per heavy atom. The summed E-state index contributed by atoms with van der Waals surface area (Å²) in [7, 11) is 0. The van der Waals surface area contributed by atoms with Crippen molar-refractivity contribution in [3.05, 3.63) is 149 Å². The van der Waals surface area contributed by atoms with Crippen LogP contribution >= 0.6 is 0 Å². The topological polar surface area (TPSA) is 99.1 Å². The minimum Gasteiger partial charge on any atom is -0.248 e. The largest absolute Gasteiger partial charge is 0.248 e. The Labute approximate surface area is 265 Å². The fraction of sp³-hybridized carbons (Fsp3) is 0.0270. The summed E-state index contributed by atoms with van der Waals surface area (Å²) in [5.74, 6) is -1.82. The molecule has 0 radical (unpaired) electrons. The second kappa shape index (κ2) is 11.8. The van der Waals surface area contributed by atoms with Gasteiger partial charge in [-0.2, -0.15) is 10.5 Å². The molecule has 0 amide bonds. The second-order valence-corrected chi connectivity index (χ2v) is 10.6. The van der Waals surface area contributed by atoms with Gasteiger partial charge in [-0.1, -0.05) is 0 Å². The van der Waals surface area contributed by atoms with Crippen LogP contribution in [-0.4, -0.2) is 19.9 Å². The van der Waals surface area contributed by atoms with Crippen molar-refractivity contribution < 1.29 is 17.6 Å². The summed E-state index contributed by atoms with van der Waals surface area (Å²) in [5, 5.41) is 20.2. The Kier molecular flexibility index (Phi) is 7.31. The molecule has 0 fully saturated rings. The number of nitriles is 2. The van der Waals surface area contributed by atoms with Gasteiger partial charge in [0.05, 0.1) is 51.1 Å². The zero-order valence-corrected chi connectivity index (χ0v) is 24.1. The molecule has 4 aromatic carbocycles. The first-order valence-electron chi connectivity index (χ1n) is 14.2. The van der Waals surface area contributed by atoms with Crippen LogP contribution in [0.15, 0.2) is 103 Å². The van der Waals surface area contributed by atoms with Crippen LogP contribution in [0.2, 0.25) is 0 Å². The van der Waals surface area contributed by atoms with Crippen LogP contribution in [0.25, 0.3) is 50.6 Å². The number of fused-ring (bicyclic) bond motifs is 2. The molecular formula is C37H18F4N6. The zero-order valence-electron chi connectivity index (χ0n) is 24.1. The fourth-order valence-electron chi connectivity index (χ4n) is 5.47.